The molecule has 0 aliphatic carbocycles. The minimum absolute atomic E-state index is 0.122. The van der Waals surface area contributed by atoms with Crippen LogP contribution < -0.4 is 11.1 Å². The lowest BCUT2D eigenvalue weighted by Gasteiger charge is -2.19. The normalized spacial score (nSPS) is 11.4. The van der Waals surface area contributed by atoms with Crippen molar-refractivity contribution in [2.45, 2.75) is 19.4 Å². The monoisotopic (exact) mass is 277 g/mol. The minimum Gasteiger partial charge on any atom is -0.378 e. The van der Waals surface area contributed by atoms with E-state index in [9.17, 15) is 10.1 Å². The number of benzene rings is 1. The quantitative estimate of drug-likeness (QED) is 0.655. The van der Waals surface area contributed by atoms with Crippen LogP contribution in [0.1, 0.15) is 13.8 Å². The summed E-state index contributed by atoms with van der Waals surface area (Å²) in [6.07, 6.45) is 0. The summed E-state index contributed by atoms with van der Waals surface area (Å²) in [6.45, 7) is 4.00. The maximum atomic E-state index is 10.8. The van der Waals surface area contributed by atoms with Crippen molar-refractivity contribution in [1.29, 1.82) is 0 Å². The van der Waals surface area contributed by atoms with E-state index in [1.54, 1.807) is 0 Å². The van der Waals surface area contributed by atoms with Crippen molar-refractivity contribution in [3.63, 3.8) is 0 Å². The second-order valence-electron chi connectivity index (χ2n) is 4.38. The zero-order valence-electron chi connectivity index (χ0n) is 9.46. The van der Waals surface area contributed by atoms with Crippen LogP contribution in [0.5, 0.6) is 0 Å². The largest absolute Gasteiger partial charge is 0.378 e. The lowest BCUT2D eigenvalue weighted by Crippen LogP contribution is -2.39. The number of anilines is 1. The molecule has 0 unspecified atom stereocenters. The van der Waals surface area contributed by atoms with Crippen LogP contribution in [-0.2, 0) is 0 Å². The Balaban J connectivity index is 3.05. The number of halogens is 2. The number of nitro benzene ring substituents is 1. The van der Waals surface area contributed by atoms with Crippen LogP contribution in [0.2, 0.25) is 10.0 Å². The second-order valence-corrected chi connectivity index (χ2v) is 5.20. The Kier molecular flexibility index (Phi) is 4.19. The lowest BCUT2D eigenvalue weighted by molar-refractivity contribution is -0.383. The molecule has 1 rings (SSSR count). The fourth-order valence-corrected chi connectivity index (χ4v) is 1.47. The predicted molar refractivity (Wildman–Crippen MR) is 69.9 cm³/mol. The first kappa shape index (κ1) is 14.0. The Morgan fingerprint density at radius 3 is 2.41 bits per heavy atom. The van der Waals surface area contributed by atoms with Crippen LogP contribution in [0.3, 0.4) is 0 Å². The number of hydrogen-bond acceptors (Lipinski definition) is 4. The Morgan fingerprint density at radius 1 is 1.41 bits per heavy atom. The molecule has 5 nitrogen and oxygen atoms in total. The number of nitro groups is 1. The average molecular weight is 278 g/mol. The third-order valence-corrected chi connectivity index (χ3v) is 2.69. The molecule has 0 saturated carbocycles. The van der Waals surface area contributed by atoms with E-state index in [4.69, 9.17) is 28.9 Å². The highest BCUT2D eigenvalue weighted by Crippen LogP contribution is 2.34. The van der Waals surface area contributed by atoms with Gasteiger partial charge in [-0.25, -0.2) is 0 Å². The molecule has 94 valence electrons. The van der Waals surface area contributed by atoms with Crippen molar-refractivity contribution in [3.05, 3.63) is 32.3 Å². The van der Waals surface area contributed by atoms with Gasteiger partial charge >= 0.3 is 0 Å². The standard InChI is InChI=1S/C10H13Cl2N3O2/c1-10(2,13)5-14-8-3-6(11)7(12)4-9(8)15(16)17/h3-4,14H,5,13H2,1-2H3. The van der Waals surface area contributed by atoms with E-state index in [2.05, 4.69) is 5.32 Å². The molecule has 0 bridgehead atoms. The Bertz CT molecular complexity index is 444. The summed E-state index contributed by atoms with van der Waals surface area (Å²) < 4.78 is 0. The molecule has 0 spiro atoms. The van der Waals surface area contributed by atoms with Gasteiger partial charge in [-0.05, 0) is 19.9 Å². The molecule has 0 amide bonds. The maximum absolute atomic E-state index is 10.8. The molecule has 0 saturated heterocycles. The van der Waals surface area contributed by atoms with E-state index in [0.717, 1.165) is 0 Å². The summed E-state index contributed by atoms with van der Waals surface area (Å²) in [5.41, 5.74) is 5.49. The smallest absolute Gasteiger partial charge is 0.293 e. The summed E-state index contributed by atoms with van der Waals surface area (Å²) in [5.74, 6) is 0. The van der Waals surface area contributed by atoms with Crippen LogP contribution in [0.25, 0.3) is 0 Å². The molecule has 3 N–H and O–H groups in total. The summed E-state index contributed by atoms with van der Waals surface area (Å²) in [5, 5.41) is 14.1. The van der Waals surface area contributed by atoms with E-state index < -0.39 is 10.5 Å². The molecule has 0 atom stereocenters. The number of rotatable bonds is 4. The summed E-state index contributed by atoms with van der Waals surface area (Å²) in [4.78, 5) is 10.3. The highest BCUT2D eigenvalue weighted by molar-refractivity contribution is 6.42. The fraction of sp³-hybridized carbons (Fsp3) is 0.400. The molecule has 0 radical (unpaired) electrons. The SMILES string of the molecule is CC(C)(N)CNc1cc(Cl)c(Cl)cc1[N+](=O)[O-]. The Labute approximate surface area is 109 Å². The first-order chi connectivity index (χ1) is 7.70. The van der Waals surface area contributed by atoms with Crippen LogP contribution in [-0.4, -0.2) is 17.0 Å². The summed E-state index contributed by atoms with van der Waals surface area (Å²) in [7, 11) is 0. The van der Waals surface area contributed by atoms with Crippen LogP contribution >= 0.6 is 23.2 Å². The van der Waals surface area contributed by atoms with Crippen molar-refractivity contribution in [2.24, 2.45) is 5.73 Å². The molecular formula is C10H13Cl2N3O2. The van der Waals surface area contributed by atoms with Crippen molar-refractivity contribution >= 4 is 34.6 Å². The molecule has 0 aliphatic heterocycles. The Hall–Kier alpha value is -1.04. The molecule has 0 fully saturated rings. The molecule has 0 aromatic heterocycles. The van der Waals surface area contributed by atoms with Gasteiger partial charge in [0.05, 0.1) is 15.0 Å². The van der Waals surface area contributed by atoms with E-state index >= 15 is 0 Å². The van der Waals surface area contributed by atoms with Gasteiger partial charge < -0.3 is 11.1 Å². The maximum Gasteiger partial charge on any atom is 0.293 e. The highest BCUT2D eigenvalue weighted by atomic mass is 35.5. The fourth-order valence-electron chi connectivity index (χ4n) is 1.15. The zero-order chi connectivity index (χ0) is 13.2. The number of nitrogens with zero attached hydrogens (tertiary/aromatic N) is 1. The van der Waals surface area contributed by atoms with Gasteiger partial charge in [-0.15, -0.1) is 0 Å². The van der Waals surface area contributed by atoms with Crippen LogP contribution in [0.15, 0.2) is 12.1 Å². The van der Waals surface area contributed by atoms with E-state index in [1.807, 2.05) is 13.8 Å². The third-order valence-electron chi connectivity index (χ3n) is 1.97. The van der Waals surface area contributed by atoms with E-state index in [0.29, 0.717) is 12.2 Å². The summed E-state index contributed by atoms with van der Waals surface area (Å²) in [6, 6.07) is 2.64. The van der Waals surface area contributed by atoms with Crippen LogP contribution in [0, 0.1) is 10.1 Å². The topological polar surface area (TPSA) is 81.2 Å². The third kappa shape index (κ3) is 4.03. The molecular weight excluding hydrogens is 265 g/mol. The van der Waals surface area contributed by atoms with Gasteiger partial charge in [0.25, 0.3) is 5.69 Å². The van der Waals surface area contributed by atoms with Crippen molar-refractivity contribution in [2.75, 3.05) is 11.9 Å². The number of hydrogen-bond donors (Lipinski definition) is 2. The van der Waals surface area contributed by atoms with Crippen molar-refractivity contribution in [1.82, 2.24) is 0 Å². The average Bonchev–Trinajstić information content (AvgIpc) is 2.17. The van der Waals surface area contributed by atoms with Gasteiger partial charge in [0.1, 0.15) is 5.69 Å². The molecule has 1 aromatic carbocycles. The lowest BCUT2D eigenvalue weighted by atomic mass is 10.1. The second kappa shape index (κ2) is 5.08. The minimum atomic E-state index is -0.520. The van der Waals surface area contributed by atoms with E-state index in [1.165, 1.54) is 12.1 Å². The molecule has 7 heteroatoms. The molecule has 0 aliphatic rings. The molecule has 0 heterocycles. The van der Waals surface area contributed by atoms with Gasteiger partial charge in [0, 0.05) is 18.2 Å². The van der Waals surface area contributed by atoms with Gasteiger partial charge in [0.2, 0.25) is 0 Å². The van der Waals surface area contributed by atoms with Gasteiger partial charge in [-0.2, -0.15) is 0 Å². The number of nitrogens with two attached hydrogens (primary N) is 1. The van der Waals surface area contributed by atoms with Crippen molar-refractivity contribution in [3.8, 4) is 0 Å². The van der Waals surface area contributed by atoms with Gasteiger partial charge in [0.15, 0.2) is 0 Å². The van der Waals surface area contributed by atoms with Gasteiger partial charge in [-0.3, -0.25) is 10.1 Å². The first-order valence-electron chi connectivity index (χ1n) is 4.87. The van der Waals surface area contributed by atoms with Crippen LogP contribution in [0.4, 0.5) is 11.4 Å². The van der Waals surface area contributed by atoms with Crippen molar-refractivity contribution < 1.29 is 4.92 Å². The Morgan fingerprint density at radius 2 is 1.94 bits per heavy atom. The number of nitrogens with one attached hydrogen (secondary N) is 1. The van der Waals surface area contributed by atoms with E-state index in [-0.39, 0.29) is 15.7 Å². The zero-order valence-corrected chi connectivity index (χ0v) is 11.0. The van der Waals surface area contributed by atoms with Gasteiger partial charge in [-0.1, -0.05) is 23.2 Å². The molecule has 17 heavy (non-hydrogen) atoms. The first-order valence-corrected chi connectivity index (χ1v) is 5.62. The molecule has 1 aromatic rings. The highest BCUT2D eigenvalue weighted by Gasteiger charge is 2.19. The summed E-state index contributed by atoms with van der Waals surface area (Å²) >= 11 is 11.5. The predicted octanol–water partition coefficient (Wildman–Crippen LogP) is 3.05.